The van der Waals surface area contributed by atoms with Crippen molar-refractivity contribution in [3.05, 3.63) is 45.9 Å². The monoisotopic (exact) mass is 326 g/mol. The van der Waals surface area contributed by atoms with E-state index in [-0.39, 0.29) is 5.56 Å². The molecule has 3 aromatic rings. The fraction of sp³-hybridized carbons (Fsp3) is 0.353. The number of hydrogen-bond acceptors (Lipinski definition) is 4. The number of hydrogen-bond donors (Lipinski definition) is 1. The Kier molecular flexibility index (Phi) is 3.61. The van der Waals surface area contributed by atoms with Crippen LogP contribution in [-0.4, -0.2) is 27.0 Å². The molecule has 1 aliphatic rings. The molecular formula is C17H18N4OS. The van der Waals surface area contributed by atoms with Crippen molar-refractivity contribution >= 4 is 27.8 Å². The van der Waals surface area contributed by atoms with Crippen LogP contribution in [0.5, 0.6) is 0 Å². The molecule has 6 heteroatoms. The topological polar surface area (TPSA) is 63.0 Å². The lowest BCUT2D eigenvalue weighted by molar-refractivity contribution is 0.790. The van der Waals surface area contributed by atoms with E-state index in [1.165, 1.54) is 11.3 Å². The summed E-state index contributed by atoms with van der Waals surface area (Å²) in [5.41, 5.74) is 2.48. The van der Waals surface area contributed by atoms with Crippen molar-refractivity contribution in [1.29, 1.82) is 0 Å². The van der Waals surface area contributed by atoms with Gasteiger partial charge in [0.2, 0.25) is 5.13 Å². The molecule has 0 unspecified atom stereocenters. The average Bonchev–Trinajstić information content (AvgIpc) is 3.20. The number of para-hydroxylation sites is 1. The predicted molar refractivity (Wildman–Crippen MR) is 94.2 cm³/mol. The molecule has 0 saturated heterocycles. The van der Waals surface area contributed by atoms with Crippen molar-refractivity contribution in [2.45, 2.75) is 38.6 Å². The van der Waals surface area contributed by atoms with Crippen LogP contribution in [0.2, 0.25) is 0 Å². The van der Waals surface area contributed by atoms with Crippen LogP contribution in [0.25, 0.3) is 15.3 Å². The van der Waals surface area contributed by atoms with Crippen molar-refractivity contribution in [2.24, 2.45) is 4.99 Å². The number of aliphatic imine (C=N–C) groups is 1. The zero-order valence-corrected chi connectivity index (χ0v) is 13.8. The maximum atomic E-state index is 12.8. The first-order chi connectivity index (χ1) is 11.3. The fourth-order valence-electron chi connectivity index (χ4n) is 2.56. The first-order valence-corrected chi connectivity index (χ1v) is 8.81. The summed E-state index contributed by atoms with van der Waals surface area (Å²) in [5.74, 6) is 0. The summed E-state index contributed by atoms with van der Waals surface area (Å²) < 4.78 is 2.64. The number of H-pyrrole nitrogens is 1. The molecule has 1 aliphatic carbocycles. The molecule has 1 N–H and O–H groups in total. The highest BCUT2D eigenvalue weighted by Gasteiger charge is 2.21. The molecular weight excluding hydrogens is 308 g/mol. The Morgan fingerprint density at radius 2 is 2.26 bits per heavy atom. The third-order valence-corrected chi connectivity index (χ3v) is 4.96. The van der Waals surface area contributed by atoms with E-state index in [1.54, 1.807) is 10.9 Å². The molecule has 1 aromatic carbocycles. The van der Waals surface area contributed by atoms with Crippen LogP contribution in [0.15, 0.2) is 34.1 Å². The van der Waals surface area contributed by atoms with Gasteiger partial charge in [0.25, 0.3) is 5.56 Å². The highest BCUT2D eigenvalue weighted by molar-refractivity contribution is 7.20. The molecule has 0 amide bonds. The Balaban J connectivity index is 1.81. The number of aryl methyl sites for hydroxylation is 1. The van der Waals surface area contributed by atoms with Crippen molar-refractivity contribution in [3.63, 3.8) is 0 Å². The van der Waals surface area contributed by atoms with E-state index in [0.717, 1.165) is 41.6 Å². The maximum absolute atomic E-state index is 12.8. The van der Waals surface area contributed by atoms with Crippen LogP contribution in [0.4, 0.5) is 0 Å². The summed E-state index contributed by atoms with van der Waals surface area (Å²) in [4.78, 5) is 21.8. The van der Waals surface area contributed by atoms with Crippen LogP contribution in [0, 0.1) is 0 Å². The number of benzene rings is 1. The normalized spacial score (nSPS) is 15.0. The second kappa shape index (κ2) is 5.77. The Bertz CT molecular complexity index is 897. The summed E-state index contributed by atoms with van der Waals surface area (Å²) >= 11 is 1.52. The lowest BCUT2D eigenvalue weighted by Gasteiger charge is -1.95. The maximum Gasteiger partial charge on any atom is 0.282 e. The first kappa shape index (κ1) is 14.4. The van der Waals surface area contributed by atoms with Gasteiger partial charge in [-0.25, -0.2) is 4.98 Å². The van der Waals surface area contributed by atoms with E-state index in [4.69, 9.17) is 0 Å². The number of rotatable bonds is 5. The quantitative estimate of drug-likeness (QED) is 0.731. The summed E-state index contributed by atoms with van der Waals surface area (Å²) in [6.45, 7) is 2.11. The van der Waals surface area contributed by atoms with E-state index >= 15 is 0 Å². The van der Waals surface area contributed by atoms with Crippen LogP contribution < -0.4 is 5.56 Å². The molecule has 0 radical (unpaired) electrons. The number of nitrogens with one attached hydrogen (secondary N) is 1. The Hall–Kier alpha value is -2.21. The van der Waals surface area contributed by atoms with Crippen molar-refractivity contribution in [1.82, 2.24) is 14.8 Å². The smallest absolute Gasteiger partial charge is 0.282 e. The fourth-order valence-corrected chi connectivity index (χ4v) is 3.49. The van der Waals surface area contributed by atoms with Gasteiger partial charge in [-0.15, -0.1) is 0 Å². The van der Waals surface area contributed by atoms with E-state index in [9.17, 15) is 4.79 Å². The minimum absolute atomic E-state index is 0.0584. The summed E-state index contributed by atoms with van der Waals surface area (Å²) in [6.07, 6.45) is 5.83. The number of aromatic nitrogens is 3. The van der Waals surface area contributed by atoms with E-state index in [2.05, 4.69) is 22.0 Å². The van der Waals surface area contributed by atoms with Gasteiger partial charge < -0.3 is 0 Å². The van der Waals surface area contributed by atoms with Crippen LogP contribution in [0.3, 0.4) is 0 Å². The van der Waals surface area contributed by atoms with Gasteiger partial charge >= 0.3 is 0 Å². The van der Waals surface area contributed by atoms with Crippen LogP contribution in [0.1, 0.15) is 37.4 Å². The molecule has 0 atom stereocenters. The van der Waals surface area contributed by atoms with E-state index < -0.39 is 0 Å². The highest BCUT2D eigenvalue weighted by atomic mass is 32.1. The summed E-state index contributed by atoms with van der Waals surface area (Å²) in [6, 6.07) is 8.34. The van der Waals surface area contributed by atoms with Crippen LogP contribution >= 0.6 is 11.3 Å². The number of aromatic amines is 1. The van der Waals surface area contributed by atoms with Gasteiger partial charge in [-0.05, 0) is 31.4 Å². The molecule has 1 fully saturated rings. The molecule has 1 saturated carbocycles. The third-order valence-electron chi connectivity index (χ3n) is 3.94. The Morgan fingerprint density at radius 1 is 1.43 bits per heavy atom. The van der Waals surface area contributed by atoms with Crippen molar-refractivity contribution in [2.75, 3.05) is 0 Å². The number of nitrogens with zero attached hydrogens (tertiary/aromatic N) is 3. The summed E-state index contributed by atoms with van der Waals surface area (Å²) in [5, 5.41) is 3.91. The Morgan fingerprint density at radius 3 is 3.00 bits per heavy atom. The molecule has 4 rings (SSSR count). The molecule has 0 aliphatic heterocycles. The molecule has 2 heterocycles. The minimum atomic E-state index is -0.0584. The lowest BCUT2D eigenvalue weighted by Crippen LogP contribution is -2.17. The van der Waals surface area contributed by atoms with Crippen molar-refractivity contribution in [3.8, 4) is 5.13 Å². The molecule has 2 aromatic heterocycles. The van der Waals surface area contributed by atoms with E-state index in [1.807, 2.05) is 24.3 Å². The van der Waals surface area contributed by atoms with Gasteiger partial charge in [-0.1, -0.05) is 36.8 Å². The predicted octanol–water partition coefficient (Wildman–Crippen LogP) is 3.31. The standard InChI is InChI=1S/C17H18N4OS/c1-2-5-13-12(10-18-11-8-9-11)16(22)21(20-13)17-19-14-6-3-4-7-15(14)23-17/h3-4,6-7,10-11,20H,2,5,8-9H2,1H3. The zero-order valence-electron chi connectivity index (χ0n) is 13.0. The summed E-state index contributed by atoms with van der Waals surface area (Å²) in [7, 11) is 0. The van der Waals surface area contributed by atoms with Crippen molar-refractivity contribution < 1.29 is 0 Å². The van der Waals surface area contributed by atoms with Gasteiger partial charge in [0.05, 0.1) is 21.8 Å². The molecule has 5 nitrogen and oxygen atoms in total. The molecule has 0 spiro atoms. The SMILES string of the molecule is CCCc1[nH]n(-c2nc3ccccc3s2)c(=O)c1C=NC1CC1. The molecule has 0 bridgehead atoms. The van der Waals surface area contributed by atoms with Gasteiger partial charge in [-0.3, -0.25) is 14.9 Å². The van der Waals surface area contributed by atoms with Gasteiger partial charge in [-0.2, -0.15) is 4.68 Å². The largest absolute Gasteiger partial charge is 0.292 e. The lowest BCUT2D eigenvalue weighted by atomic mass is 10.2. The minimum Gasteiger partial charge on any atom is -0.292 e. The second-order valence-electron chi connectivity index (χ2n) is 5.87. The number of thiazole rings is 1. The van der Waals surface area contributed by atoms with Gasteiger partial charge in [0.15, 0.2) is 0 Å². The zero-order chi connectivity index (χ0) is 15.8. The second-order valence-corrected chi connectivity index (χ2v) is 6.88. The first-order valence-electron chi connectivity index (χ1n) is 7.99. The number of fused-ring (bicyclic) bond motifs is 1. The Labute approximate surface area is 137 Å². The van der Waals surface area contributed by atoms with Crippen LogP contribution in [-0.2, 0) is 6.42 Å². The third kappa shape index (κ3) is 2.74. The van der Waals surface area contributed by atoms with Gasteiger partial charge in [0, 0.05) is 11.9 Å². The van der Waals surface area contributed by atoms with E-state index in [0.29, 0.717) is 16.7 Å². The molecule has 118 valence electrons. The van der Waals surface area contributed by atoms with Gasteiger partial charge in [0.1, 0.15) is 0 Å². The highest BCUT2D eigenvalue weighted by Crippen LogP contribution is 2.25. The average molecular weight is 326 g/mol. The molecule has 23 heavy (non-hydrogen) atoms.